The number of nitrogens with one attached hydrogen (secondary N) is 2. The zero-order valence-corrected chi connectivity index (χ0v) is 16.8. The minimum absolute atomic E-state index is 0. The summed E-state index contributed by atoms with van der Waals surface area (Å²) in [7, 11) is 0. The molecule has 144 valence electrons. The second kappa shape index (κ2) is 9.28. The van der Waals surface area contributed by atoms with Crippen LogP contribution >= 0.6 is 11.8 Å². The first kappa shape index (κ1) is 21.3. The number of halogens is 2. The van der Waals surface area contributed by atoms with E-state index in [1.165, 1.54) is 20.4 Å². The second-order valence-electron chi connectivity index (χ2n) is 6.73. The van der Waals surface area contributed by atoms with Gasteiger partial charge in [0.2, 0.25) is 0 Å². The number of imide groups is 1. The monoisotopic (exact) mass is 418 g/mol. The highest BCUT2D eigenvalue weighted by atomic mass is 35.5. The van der Waals surface area contributed by atoms with Crippen LogP contribution in [0.4, 0.5) is 10.5 Å². The fourth-order valence-electron chi connectivity index (χ4n) is 3.86. The second-order valence-corrected chi connectivity index (χ2v) is 7.73. The third-order valence-electron chi connectivity index (χ3n) is 5.34. The Balaban J connectivity index is 0.00000121. The number of benzene rings is 1. The molecule has 0 saturated carbocycles. The van der Waals surface area contributed by atoms with Crippen molar-refractivity contribution in [1.82, 2.24) is 9.80 Å². The summed E-state index contributed by atoms with van der Waals surface area (Å²) in [5.74, 6) is 1.43. The van der Waals surface area contributed by atoms with E-state index in [4.69, 9.17) is 0 Å². The van der Waals surface area contributed by atoms with Crippen LogP contribution in [0.25, 0.3) is 0 Å². The van der Waals surface area contributed by atoms with E-state index in [0.29, 0.717) is 12.4 Å². The number of piperazine rings is 1. The lowest BCUT2D eigenvalue weighted by molar-refractivity contribution is -0.986. The number of nitrogens with zero attached hydrogens (tertiary/aromatic N) is 2. The molecule has 3 fully saturated rings. The smallest absolute Gasteiger partial charge is 0.328 e. The quantitative estimate of drug-likeness (QED) is 0.477. The number of amides is 3. The zero-order chi connectivity index (χ0) is 16.5. The predicted molar refractivity (Wildman–Crippen MR) is 92.4 cm³/mol. The van der Waals surface area contributed by atoms with Crippen LogP contribution in [0, 0.1) is 0 Å². The van der Waals surface area contributed by atoms with Gasteiger partial charge in [-0.1, -0.05) is 18.2 Å². The van der Waals surface area contributed by atoms with Gasteiger partial charge in [0.15, 0.2) is 0 Å². The van der Waals surface area contributed by atoms with Crippen molar-refractivity contribution < 1.29 is 44.2 Å². The number of fused-ring (bicyclic) bond motifs is 1. The molecule has 3 amide bonds. The minimum Gasteiger partial charge on any atom is -1.00 e. The maximum Gasteiger partial charge on any atom is 0.328 e. The molecule has 0 radical (unpaired) electrons. The van der Waals surface area contributed by atoms with E-state index >= 15 is 0 Å². The lowest BCUT2D eigenvalue weighted by Gasteiger charge is -2.30. The van der Waals surface area contributed by atoms with Gasteiger partial charge in [-0.05, 0) is 12.1 Å². The maximum atomic E-state index is 12.3. The van der Waals surface area contributed by atoms with Crippen molar-refractivity contribution in [2.45, 2.75) is 6.04 Å². The molecule has 1 atom stereocenters. The molecule has 26 heavy (non-hydrogen) atoms. The summed E-state index contributed by atoms with van der Waals surface area (Å²) in [5.41, 5.74) is 1.36. The van der Waals surface area contributed by atoms with E-state index < -0.39 is 0 Å². The maximum absolute atomic E-state index is 12.3. The summed E-state index contributed by atoms with van der Waals surface area (Å²) in [6, 6.07) is 10.3. The summed E-state index contributed by atoms with van der Waals surface area (Å²) in [6.45, 7) is 5.81. The normalized spacial score (nSPS) is 27.8. The van der Waals surface area contributed by atoms with Crippen molar-refractivity contribution in [3.63, 3.8) is 0 Å². The van der Waals surface area contributed by atoms with Crippen LogP contribution in [0.3, 0.4) is 0 Å². The number of rotatable bonds is 4. The molecule has 0 spiro atoms. The van der Waals surface area contributed by atoms with Gasteiger partial charge in [-0.3, -0.25) is 14.6 Å². The number of quaternary nitrogens is 2. The number of para-hydroxylation sites is 1. The summed E-state index contributed by atoms with van der Waals surface area (Å²) in [4.78, 5) is 30.9. The van der Waals surface area contributed by atoms with Crippen molar-refractivity contribution in [1.29, 1.82) is 0 Å². The van der Waals surface area contributed by atoms with Gasteiger partial charge >= 0.3 is 6.03 Å². The molecule has 2 N–H and O–H groups in total. The van der Waals surface area contributed by atoms with E-state index in [2.05, 4.69) is 30.3 Å². The van der Waals surface area contributed by atoms with E-state index in [-0.39, 0.29) is 42.8 Å². The predicted octanol–water partition coefficient (Wildman–Crippen LogP) is -7.55. The fourth-order valence-corrected chi connectivity index (χ4v) is 5.00. The fraction of sp³-hybridized carbons (Fsp3) is 0.529. The molecule has 1 unspecified atom stereocenters. The Morgan fingerprint density at radius 3 is 2.38 bits per heavy atom. The number of carbonyl (C=O) groups is 2. The SMILES string of the molecule is O=C1C2CSCN2C(=O)N1CC[NH+]1CC[NH+](c2ccccc2)CC1.[Cl-].[Cl-]. The number of hydrogen-bond acceptors (Lipinski definition) is 3. The first-order chi connectivity index (χ1) is 11.7. The number of carbonyl (C=O) groups excluding carboxylic acids is 2. The molecule has 1 aromatic rings. The lowest BCUT2D eigenvalue weighted by Crippen LogP contribution is -3.26. The summed E-state index contributed by atoms with van der Waals surface area (Å²) < 4.78 is 0. The van der Waals surface area contributed by atoms with Crippen LogP contribution in [0.15, 0.2) is 30.3 Å². The van der Waals surface area contributed by atoms with Gasteiger partial charge in [0.1, 0.15) is 37.9 Å². The van der Waals surface area contributed by atoms with E-state index in [1.54, 1.807) is 16.7 Å². The summed E-state index contributed by atoms with van der Waals surface area (Å²) >= 11 is 1.67. The highest BCUT2D eigenvalue weighted by Crippen LogP contribution is 2.28. The molecule has 9 heteroatoms. The average Bonchev–Trinajstić information content (AvgIpc) is 3.19. The molecule has 1 aromatic carbocycles. The number of thioether (sulfide) groups is 1. The van der Waals surface area contributed by atoms with Gasteiger partial charge in [-0.25, -0.2) is 4.79 Å². The van der Waals surface area contributed by atoms with E-state index in [9.17, 15) is 9.59 Å². The topological polar surface area (TPSA) is 49.5 Å². The van der Waals surface area contributed by atoms with E-state index in [1.807, 2.05) is 0 Å². The van der Waals surface area contributed by atoms with Gasteiger partial charge in [0.05, 0.1) is 19.0 Å². The molecule has 6 nitrogen and oxygen atoms in total. The van der Waals surface area contributed by atoms with Crippen LogP contribution in [0.1, 0.15) is 0 Å². The standard InChI is InChI=1S/C17H22N4O2S.2ClH/c22-16-15-12-24-13-21(15)17(23)20(16)11-8-18-6-9-19(10-7-18)14-4-2-1-3-5-14;;/h1-5,15H,6-13H2;2*1H. The van der Waals surface area contributed by atoms with Gasteiger partial charge in [-0.2, -0.15) is 0 Å². The number of hydrogen-bond donors (Lipinski definition) is 2. The Morgan fingerprint density at radius 1 is 1.04 bits per heavy atom. The van der Waals surface area contributed by atoms with Crippen molar-refractivity contribution >= 4 is 29.4 Å². The Hall–Kier alpha value is -0.990. The molecule has 3 saturated heterocycles. The lowest BCUT2D eigenvalue weighted by atomic mass is 10.2. The highest BCUT2D eigenvalue weighted by molar-refractivity contribution is 7.99. The molecule has 3 aliphatic rings. The Morgan fingerprint density at radius 2 is 1.73 bits per heavy atom. The molecule has 0 bridgehead atoms. The average molecular weight is 419 g/mol. The largest absolute Gasteiger partial charge is 1.00 e. The van der Waals surface area contributed by atoms with Gasteiger partial charge in [0.25, 0.3) is 5.91 Å². The third-order valence-corrected chi connectivity index (χ3v) is 6.35. The van der Waals surface area contributed by atoms with Crippen LogP contribution in [-0.4, -0.2) is 78.7 Å². The highest BCUT2D eigenvalue weighted by Gasteiger charge is 2.47. The van der Waals surface area contributed by atoms with Crippen LogP contribution in [0.2, 0.25) is 0 Å². The van der Waals surface area contributed by atoms with Gasteiger partial charge in [0, 0.05) is 5.75 Å². The molecular formula is C17H24Cl2N4O2S. The van der Waals surface area contributed by atoms with Gasteiger partial charge < -0.3 is 34.6 Å². The van der Waals surface area contributed by atoms with Crippen molar-refractivity contribution in [3.8, 4) is 0 Å². The summed E-state index contributed by atoms with van der Waals surface area (Å²) in [6.07, 6.45) is 0. The van der Waals surface area contributed by atoms with Crippen LogP contribution < -0.4 is 34.6 Å². The Bertz CT molecular complexity index is 606. The molecule has 0 aliphatic carbocycles. The van der Waals surface area contributed by atoms with Crippen molar-refractivity contribution in [2.24, 2.45) is 0 Å². The number of urea groups is 1. The van der Waals surface area contributed by atoms with E-state index in [0.717, 1.165) is 38.5 Å². The third kappa shape index (κ3) is 4.12. The molecular weight excluding hydrogens is 395 g/mol. The van der Waals surface area contributed by atoms with Crippen LogP contribution in [-0.2, 0) is 4.79 Å². The molecule has 3 aliphatic heterocycles. The molecule has 4 rings (SSSR count). The first-order valence-electron chi connectivity index (χ1n) is 8.67. The zero-order valence-electron chi connectivity index (χ0n) is 14.5. The first-order valence-corrected chi connectivity index (χ1v) is 9.83. The molecule has 0 aromatic heterocycles. The van der Waals surface area contributed by atoms with Crippen molar-refractivity contribution in [2.75, 3.05) is 50.9 Å². The van der Waals surface area contributed by atoms with Crippen LogP contribution in [0.5, 0.6) is 0 Å². The van der Waals surface area contributed by atoms with Crippen molar-refractivity contribution in [3.05, 3.63) is 30.3 Å². The molecule has 3 heterocycles. The Kier molecular flexibility index (Phi) is 7.61. The minimum atomic E-state index is -0.197. The Labute approximate surface area is 170 Å². The van der Waals surface area contributed by atoms with Gasteiger partial charge in [-0.15, -0.1) is 11.8 Å². The summed E-state index contributed by atoms with van der Waals surface area (Å²) in [5, 5.41) is 0.